The summed E-state index contributed by atoms with van der Waals surface area (Å²) in [6.45, 7) is 9.44. The van der Waals surface area contributed by atoms with Crippen LogP contribution >= 0.6 is 0 Å². The molecule has 1 N–H and O–H groups in total. The van der Waals surface area contributed by atoms with Crippen molar-refractivity contribution in [3.8, 4) is 5.75 Å². The van der Waals surface area contributed by atoms with Crippen molar-refractivity contribution in [3.63, 3.8) is 0 Å². The summed E-state index contributed by atoms with van der Waals surface area (Å²) in [6, 6.07) is 6.34. The Kier molecular flexibility index (Phi) is 6.71. The van der Waals surface area contributed by atoms with E-state index in [9.17, 15) is 0 Å². The van der Waals surface area contributed by atoms with Crippen molar-refractivity contribution in [2.75, 3.05) is 19.7 Å². The van der Waals surface area contributed by atoms with Gasteiger partial charge in [-0.1, -0.05) is 24.6 Å². The summed E-state index contributed by atoms with van der Waals surface area (Å²) in [7, 11) is 0. The van der Waals surface area contributed by atoms with E-state index in [-0.39, 0.29) is 0 Å². The van der Waals surface area contributed by atoms with Crippen molar-refractivity contribution < 1.29 is 4.74 Å². The molecule has 0 atom stereocenters. The van der Waals surface area contributed by atoms with Crippen LogP contribution in [0.1, 0.15) is 37.3 Å². The van der Waals surface area contributed by atoms with E-state index < -0.39 is 0 Å². The standard InChI is InChI=1S/C15H25NO/c1-4-9-16-10-5-6-11-17-15-8-7-13(2)12-14(15)3/h7-8,12,16H,4-6,9-11H2,1-3H3. The molecule has 0 saturated carbocycles. The lowest BCUT2D eigenvalue weighted by molar-refractivity contribution is 0.304. The van der Waals surface area contributed by atoms with Gasteiger partial charge in [0.15, 0.2) is 0 Å². The zero-order valence-electron chi connectivity index (χ0n) is 11.4. The molecule has 0 aliphatic carbocycles. The summed E-state index contributed by atoms with van der Waals surface area (Å²) in [4.78, 5) is 0. The number of ether oxygens (including phenoxy) is 1. The van der Waals surface area contributed by atoms with Crippen LogP contribution in [0.5, 0.6) is 5.75 Å². The number of nitrogens with one attached hydrogen (secondary N) is 1. The lowest BCUT2D eigenvalue weighted by Crippen LogP contribution is -2.16. The first-order chi connectivity index (χ1) is 8.24. The number of hydrogen-bond donors (Lipinski definition) is 1. The summed E-state index contributed by atoms with van der Waals surface area (Å²) in [5.74, 6) is 1.03. The Labute approximate surface area is 105 Å². The van der Waals surface area contributed by atoms with Crippen molar-refractivity contribution >= 4 is 0 Å². The Morgan fingerprint density at radius 3 is 2.65 bits per heavy atom. The molecule has 0 saturated heterocycles. The lowest BCUT2D eigenvalue weighted by atomic mass is 10.1. The molecule has 0 spiro atoms. The van der Waals surface area contributed by atoms with E-state index in [1.54, 1.807) is 0 Å². The van der Waals surface area contributed by atoms with Gasteiger partial charge in [0.25, 0.3) is 0 Å². The molecule has 0 aromatic heterocycles. The van der Waals surface area contributed by atoms with Crippen LogP contribution in [0.4, 0.5) is 0 Å². The van der Waals surface area contributed by atoms with Gasteiger partial charge in [-0.05, 0) is 57.8 Å². The van der Waals surface area contributed by atoms with Crippen LogP contribution in [0.3, 0.4) is 0 Å². The molecule has 0 heterocycles. The fourth-order valence-corrected chi connectivity index (χ4v) is 1.80. The maximum atomic E-state index is 5.77. The lowest BCUT2D eigenvalue weighted by Gasteiger charge is -2.09. The molecule has 2 nitrogen and oxygen atoms in total. The fraction of sp³-hybridized carbons (Fsp3) is 0.600. The zero-order chi connectivity index (χ0) is 12.5. The zero-order valence-corrected chi connectivity index (χ0v) is 11.4. The average Bonchev–Trinajstić information content (AvgIpc) is 2.30. The second kappa shape index (κ2) is 8.13. The summed E-state index contributed by atoms with van der Waals surface area (Å²) in [5.41, 5.74) is 2.52. The fourth-order valence-electron chi connectivity index (χ4n) is 1.80. The Hall–Kier alpha value is -1.02. The monoisotopic (exact) mass is 235 g/mol. The van der Waals surface area contributed by atoms with Crippen molar-refractivity contribution in [3.05, 3.63) is 29.3 Å². The normalized spacial score (nSPS) is 10.5. The van der Waals surface area contributed by atoms with Crippen molar-refractivity contribution in [1.29, 1.82) is 0 Å². The molecule has 96 valence electrons. The summed E-state index contributed by atoms with van der Waals surface area (Å²) < 4.78 is 5.77. The Morgan fingerprint density at radius 2 is 1.94 bits per heavy atom. The van der Waals surface area contributed by atoms with E-state index in [4.69, 9.17) is 4.74 Å². The van der Waals surface area contributed by atoms with Gasteiger partial charge in [-0.3, -0.25) is 0 Å². The number of aryl methyl sites for hydroxylation is 2. The first kappa shape index (κ1) is 14.0. The van der Waals surface area contributed by atoms with Gasteiger partial charge in [0.1, 0.15) is 5.75 Å². The van der Waals surface area contributed by atoms with Crippen LogP contribution < -0.4 is 10.1 Å². The van der Waals surface area contributed by atoms with Gasteiger partial charge in [0.2, 0.25) is 0 Å². The van der Waals surface area contributed by atoms with Gasteiger partial charge >= 0.3 is 0 Å². The molecule has 2 heteroatoms. The van der Waals surface area contributed by atoms with E-state index in [0.717, 1.165) is 31.9 Å². The maximum absolute atomic E-state index is 5.77. The number of benzene rings is 1. The van der Waals surface area contributed by atoms with E-state index in [0.29, 0.717) is 0 Å². The minimum absolute atomic E-state index is 0.817. The van der Waals surface area contributed by atoms with Gasteiger partial charge < -0.3 is 10.1 Å². The van der Waals surface area contributed by atoms with Crippen molar-refractivity contribution in [2.45, 2.75) is 40.0 Å². The highest BCUT2D eigenvalue weighted by Gasteiger charge is 1.98. The Bertz CT molecular complexity index is 323. The van der Waals surface area contributed by atoms with Crippen molar-refractivity contribution in [1.82, 2.24) is 5.32 Å². The molecule has 0 amide bonds. The molecule has 17 heavy (non-hydrogen) atoms. The van der Waals surface area contributed by atoms with Gasteiger partial charge in [-0.15, -0.1) is 0 Å². The third kappa shape index (κ3) is 5.73. The highest BCUT2D eigenvalue weighted by Crippen LogP contribution is 2.18. The molecule has 1 rings (SSSR count). The summed E-state index contributed by atoms with van der Waals surface area (Å²) >= 11 is 0. The van der Waals surface area contributed by atoms with E-state index in [2.05, 4.69) is 44.3 Å². The second-order valence-electron chi connectivity index (χ2n) is 4.57. The third-order valence-corrected chi connectivity index (χ3v) is 2.76. The van der Waals surface area contributed by atoms with Crippen LogP contribution in [0.15, 0.2) is 18.2 Å². The average molecular weight is 235 g/mol. The molecule has 0 radical (unpaired) electrons. The molecule has 1 aromatic carbocycles. The van der Waals surface area contributed by atoms with Gasteiger partial charge in [0, 0.05) is 0 Å². The topological polar surface area (TPSA) is 21.3 Å². The first-order valence-electron chi connectivity index (χ1n) is 6.65. The second-order valence-corrected chi connectivity index (χ2v) is 4.57. The molecule has 0 aliphatic heterocycles. The largest absolute Gasteiger partial charge is 0.493 e. The molecule has 1 aromatic rings. The SMILES string of the molecule is CCCNCCCCOc1ccc(C)cc1C. The maximum Gasteiger partial charge on any atom is 0.122 e. The Balaban J connectivity index is 2.14. The predicted octanol–water partition coefficient (Wildman–Crippen LogP) is 3.46. The van der Waals surface area contributed by atoms with Crippen LogP contribution in [0.25, 0.3) is 0 Å². The molecular weight excluding hydrogens is 210 g/mol. The predicted molar refractivity (Wildman–Crippen MR) is 73.8 cm³/mol. The van der Waals surface area contributed by atoms with Gasteiger partial charge in [-0.2, -0.15) is 0 Å². The number of rotatable bonds is 8. The quantitative estimate of drug-likeness (QED) is 0.697. The Morgan fingerprint density at radius 1 is 1.12 bits per heavy atom. The number of unbranched alkanes of at least 4 members (excludes halogenated alkanes) is 1. The minimum Gasteiger partial charge on any atom is -0.493 e. The minimum atomic E-state index is 0.817. The van der Waals surface area contributed by atoms with Crippen molar-refractivity contribution in [2.24, 2.45) is 0 Å². The summed E-state index contributed by atoms with van der Waals surface area (Å²) in [6.07, 6.45) is 3.51. The molecule has 0 fully saturated rings. The third-order valence-electron chi connectivity index (χ3n) is 2.76. The van der Waals surface area contributed by atoms with E-state index >= 15 is 0 Å². The highest BCUT2D eigenvalue weighted by molar-refractivity contribution is 5.35. The molecule has 0 unspecified atom stereocenters. The molecular formula is C15H25NO. The van der Waals surface area contributed by atoms with E-state index in [1.807, 2.05) is 0 Å². The number of hydrogen-bond acceptors (Lipinski definition) is 2. The van der Waals surface area contributed by atoms with Gasteiger partial charge in [-0.25, -0.2) is 0 Å². The summed E-state index contributed by atoms with van der Waals surface area (Å²) in [5, 5.41) is 3.40. The van der Waals surface area contributed by atoms with E-state index in [1.165, 1.54) is 24.0 Å². The van der Waals surface area contributed by atoms with Gasteiger partial charge in [0.05, 0.1) is 6.61 Å². The van der Waals surface area contributed by atoms with Crippen LogP contribution in [-0.4, -0.2) is 19.7 Å². The van der Waals surface area contributed by atoms with Crippen LogP contribution in [0.2, 0.25) is 0 Å². The molecule has 0 aliphatic rings. The highest BCUT2D eigenvalue weighted by atomic mass is 16.5. The first-order valence-corrected chi connectivity index (χ1v) is 6.65. The molecule has 0 bridgehead atoms. The smallest absolute Gasteiger partial charge is 0.122 e. The van der Waals surface area contributed by atoms with Crippen LogP contribution in [-0.2, 0) is 0 Å². The van der Waals surface area contributed by atoms with Crippen LogP contribution in [0, 0.1) is 13.8 Å².